The molecule has 0 heterocycles. The normalized spacial score (nSPS) is 11.1. The van der Waals surface area contributed by atoms with Gasteiger partial charge in [0, 0.05) is 11.1 Å². The standard InChI is InChI=1S/C13H17NO4/c1-9-6-5-7-10(12(9)14(16)17)8-11(15)18-13(2,3)4/h5-7H,8H2,1-4H3. The van der Waals surface area contributed by atoms with Gasteiger partial charge in [0.1, 0.15) is 5.60 Å². The van der Waals surface area contributed by atoms with E-state index >= 15 is 0 Å². The maximum atomic E-state index is 11.7. The number of nitro groups is 1. The summed E-state index contributed by atoms with van der Waals surface area (Å²) in [6.45, 7) is 6.93. The van der Waals surface area contributed by atoms with Crippen molar-refractivity contribution in [2.24, 2.45) is 0 Å². The summed E-state index contributed by atoms with van der Waals surface area (Å²) < 4.78 is 5.15. The molecule has 1 aromatic carbocycles. The van der Waals surface area contributed by atoms with E-state index in [4.69, 9.17) is 4.74 Å². The topological polar surface area (TPSA) is 69.4 Å². The van der Waals surface area contributed by atoms with Gasteiger partial charge in [-0.3, -0.25) is 14.9 Å². The van der Waals surface area contributed by atoms with E-state index < -0.39 is 16.5 Å². The number of hydrogen-bond donors (Lipinski definition) is 0. The molecule has 0 fully saturated rings. The largest absolute Gasteiger partial charge is 0.460 e. The lowest BCUT2D eigenvalue weighted by Gasteiger charge is -2.19. The average Bonchev–Trinajstić information content (AvgIpc) is 2.13. The first kappa shape index (κ1) is 14.2. The highest BCUT2D eigenvalue weighted by atomic mass is 16.6. The van der Waals surface area contributed by atoms with Crippen LogP contribution in [0.1, 0.15) is 31.9 Å². The van der Waals surface area contributed by atoms with Gasteiger partial charge in [0.15, 0.2) is 0 Å². The molecule has 0 aromatic heterocycles. The Labute approximate surface area is 106 Å². The molecule has 0 spiro atoms. The summed E-state index contributed by atoms with van der Waals surface area (Å²) >= 11 is 0. The number of esters is 1. The van der Waals surface area contributed by atoms with E-state index in [2.05, 4.69) is 0 Å². The number of ether oxygens (including phenoxy) is 1. The molecular formula is C13H17NO4. The lowest BCUT2D eigenvalue weighted by atomic mass is 10.1. The molecule has 0 unspecified atom stereocenters. The fourth-order valence-electron chi connectivity index (χ4n) is 1.66. The Kier molecular flexibility index (Phi) is 4.06. The first-order valence-electron chi connectivity index (χ1n) is 5.65. The van der Waals surface area contributed by atoms with Gasteiger partial charge >= 0.3 is 5.97 Å². The number of para-hydroxylation sites is 1. The number of nitro benzene ring substituents is 1. The first-order valence-corrected chi connectivity index (χ1v) is 5.65. The third-order valence-corrected chi connectivity index (χ3v) is 2.26. The first-order chi connectivity index (χ1) is 8.20. The van der Waals surface area contributed by atoms with Crippen molar-refractivity contribution in [1.82, 2.24) is 0 Å². The van der Waals surface area contributed by atoms with Gasteiger partial charge < -0.3 is 4.74 Å². The van der Waals surface area contributed by atoms with Crippen LogP contribution >= 0.6 is 0 Å². The summed E-state index contributed by atoms with van der Waals surface area (Å²) in [5, 5.41) is 11.0. The molecule has 0 aliphatic rings. The molecule has 0 radical (unpaired) electrons. The van der Waals surface area contributed by atoms with Gasteiger partial charge in [-0.25, -0.2) is 0 Å². The lowest BCUT2D eigenvalue weighted by molar-refractivity contribution is -0.386. The van der Waals surface area contributed by atoms with E-state index in [0.29, 0.717) is 11.1 Å². The van der Waals surface area contributed by atoms with Gasteiger partial charge in [-0.1, -0.05) is 18.2 Å². The molecule has 0 N–H and O–H groups in total. The second-order valence-corrected chi connectivity index (χ2v) is 5.10. The van der Waals surface area contributed by atoms with Crippen molar-refractivity contribution < 1.29 is 14.5 Å². The Morgan fingerprint density at radius 3 is 2.50 bits per heavy atom. The van der Waals surface area contributed by atoms with E-state index in [1.807, 2.05) is 0 Å². The Bertz CT molecular complexity index is 474. The highest BCUT2D eigenvalue weighted by molar-refractivity contribution is 5.75. The number of hydrogen-bond acceptors (Lipinski definition) is 4. The highest BCUT2D eigenvalue weighted by Gasteiger charge is 2.22. The fraction of sp³-hybridized carbons (Fsp3) is 0.462. The van der Waals surface area contributed by atoms with Crippen LogP contribution in [0.2, 0.25) is 0 Å². The SMILES string of the molecule is Cc1cccc(CC(=O)OC(C)(C)C)c1[N+](=O)[O-]. The zero-order valence-electron chi connectivity index (χ0n) is 11.0. The average molecular weight is 251 g/mol. The molecule has 1 rings (SSSR count). The van der Waals surface area contributed by atoms with Crippen LogP contribution in [0.5, 0.6) is 0 Å². The molecular weight excluding hydrogens is 234 g/mol. The summed E-state index contributed by atoms with van der Waals surface area (Å²) in [6, 6.07) is 4.92. The minimum Gasteiger partial charge on any atom is -0.460 e. The molecule has 0 aliphatic heterocycles. The maximum absolute atomic E-state index is 11.7. The molecule has 0 atom stereocenters. The molecule has 18 heavy (non-hydrogen) atoms. The van der Waals surface area contributed by atoms with Gasteiger partial charge in [0.2, 0.25) is 0 Å². The smallest absolute Gasteiger partial charge is 0.311 e. The van der Waals surface area contributed by atoms with E-state index in [1.54, 1.807) is 45.9 Å². The summed E-state index contributed by atoms with van der Waals surface area (Å²) in [5.41, 5.74) is 0.328. The van der Waals surface area contributed by atoms with Crippen molar-refractivity contribution in [2.45, 2.75) is 39.7 Å². The fourth-order valence-corrected chi connectivity index (χ4v) is 1.66. The second-order valence-electron chi connectivity index (χ2n) is 5.10. The molecule has 0 saturated carbocycles. The Morgan fingerprint density at radius 1 is 1.39 bits per heavy atom. The van der Waals surface area contributed by atoms with Crippen LogP contribution in [0.3, 0.4) is 0 Å². The van der Waals surface area contributed by atoms with Gasteiger partial charge in [0.05, 0.1) is 11.3 Å². The third kappa shape index (κ3) is 3.84. The monoisotopic (exact) mass is 251 g/mol. The zero-order valence-corrected chi connectivity index (χ0v) is 11.0. The maximum Gasteiger partial charge on any atom is 0.311 e. The summed E-state index contributed by atoms with van der Waals surface area (Å²) in [7, 11) is 0. The summed E-state index contributed by atoms with van der Waals surface area (Å²) in [5.74, 6) is -0.462. The minimum atomic E-state index is -0.588. The predicted molar refractivity (Wildman–Crippen MR) is 67.4 cm³/mol. The van der Waals surface area contributed by atoms with Gasteiger partial charge in [-0.15, -0.1) is 0 Å². The van der Waals surface area contributed by atoms with Gasteiger partial charge in [-0.05, 0) is 27.7 Å². The van der Waals surface area contributed by atoms with Crippen molar-refractivity contribution >= 4 is 11.7 Å². The van der Waals surface area contributed by atoms with Crippen LogP contribution in [-0.4, -0.2) is 16.5 Å². The summed E-state index contributed by atoms with van der Waals surface area (Å²) in [4.78, 5) is 22.2. The van der Waals surface area contributed by atoms with E-state index in [-0.39, 0.29) is 12.1 Å². The molecule has 0 amide bonds. The molecule has 5 heteroatoms. The van der Waals surface area contributed by atoms with Crippen LogP contribution in [-0.2, 0) is 16.0 Å². The number of aryl methyl sites for hydroxylation is 1. The van der Waals surface area contributed by atoms with Crippen molar-refractivity contribution in [3.8, 4) is 0 Å². The van der Waals surface area contributed by atoms with Gasteiger partial charge in [-0.2, -0.15) is 0 Å². The Balaban J connectivity index is 2.95. The molecule has 5 nitrogen and oxygen atoms in total. The number of rotatable bonds is 3. The van der Waals surface area contributed by atoms with Crippen molar-refractivity contribution in [3.05, 3.63) is 39.4 Å². The molecule has 0 aliphatic carbocycles. The van der Waals surface area contributed by atoms with Crippen LogP contribution < -0.4 is 0 Å². The lowest BCUT2D eigenvalue weighted by Crippen LogP contribution is -2.25. The molecule has 98 valence electrons. The van der Waals surface area contributed by atoms with E-state index in [9.17, 15) is 14.9 Å². The third-order valence-electron chi connectivity index (χ3n) is 2.26. The van der Waals surface area contributed by atoms with Crippen LogP contribution in [0.25, 0.3) is 0 Å². The van der Waals surface area contributed by atoms with E-state index in [1.165, 1.54) is 0 Å². The summed E-state index contributed by atoms with van der Waals surface area (Å²) in [6.07, 6.45) is -0.0880. The molecule has 0 bridgehead atoms. The highest BCUT2D eigenvalue weighted by Crippen LogP contribution is 2.24. The Morgan fingerprint density at radius 2 is 2.00 bits per heavy atom. The van der Waals surface area contributed by atoms with Crippen LogP contribution in [0, 0.1) is 17.0 Å². The van der Waals surface area contributed by atoms with E-state index in [0.717, 1.165) is 0 Å². The van der Waals surface area contributed by atoms with Crippen LogP contribution in [0.15, 0.2) is 18.2 Å². The van der Waals surface area contributed by atoms with Crippen LogP contribution in [0.4, 0.5) is 5.69 Å². The molecule has 0 saturated heterocycles. The zero-order chi connectivity index (χ0) is 13.9. The number of nitrogens with zero attached hydrogens (tertiary/aromatic N) is 1. The van der Waals surface area contributed by atoms with Crippen molar-refractivity contribution in [2.75, 3.05) is 0 Å². The quantitative estimate of drug-likeness (QED) is 0.470. The van der Waals surface area contributed by atoms with Gasteiger partial charge in [0.25, 0.3) is 5.69 Å². The number of benzene rings is 1. The number of carbonyl (C=O) groups is 1. The van der Waals surface area contributed by atoms with Crippen molar-refractivity contribution in [3.63, 3.8) is 0 Å². The number of carbonyl (C=O) groups excluding carboxylic acids is 1. The predicted octanol–water partition coefficient (Wildman–Crippen LogP) is 2.79. The minimum absolute atomic E-state index is 0.0108. The van der Waals surface area contributed by atoms with Crippen molar-refractivity contribution in [1.29, 1.82) is 0 Å². The second kappa shape index (κ2) is 5.16. The Hall–Kier alpha value is -1.91. The molecule has 1 aromatic rings.